The predicted molar refractivity (Wildman–Crippen MR) is 127 cm³/mol. The van der Waals surface area contributed by atoms with Crippen LogP contribution >= 0.6 is 0 Å². The average molecular weight is 440 g/mol. The Hall–Kier alpha value is -3.07. The number of aromatic nitrogens is 3. The molecule has 0 aromatic carbocycles. The maximum absolute atomic E-state index is 13.2. The molecular formula is C23H33N7O2. The van der Waals surface area contributed by atoms with E-state index in [4.69, 9.17) is 4.98 Å². The fourth-order valence-electron chi connectivity index (χ4n) is 3.68. The van der Waals surface area contributed by atoms with E-state index in [2.05, 4.69) is 20.3 Å². The number of nitrogens with one attached hydrogen (secondary N) is 1. The average Bonchev–Trinajstić information content (AvgIpc) is 3.14. The molecule has 0 fully saturated rings. The van der Waals surface area contributed by atoms with Crippen molar-refractivity contribution in [2.75, 3.05) is 45.7 Å². The van der Waals surface area contributed by atoms with Gasteiger partial charge in [-0.2, -0.15) is 5.10 Å². The number of dihydropyridines is 1. The molecule has 0 radical (unpaired) electrons. The summed E-state index contributed by atoms with van der Waals surface area (Å²) in [6.45, 7) is 9.57. The smallest absolute Gasteiger partial charge is 0.254 e. The molecule has 0 spiro atoms. The first-order valence-electron chi connectivity index (χ1n) is 10.9. The number of likely N-dealkylation sites (N-methyl/N-ethyl adjacent to an activating group) is 2. The van der Waals surface area contributed by atoms with Crippen molar-refractivity contribution in [3.8, 4) is 0 Å². The summed E-state index contributed by atoms with van der Waals surface area (Å²) in [5.74, 6) is -0.216. The SMILES string of the molecule is CC1=CC(C)=NC(=O)C1CNC(=O)c1cc(N(C)CCN(C)C)nc2c1cnn2C(C)C. The van der Waals surface area contributed by atoms with Crippen molar-refractivity contribution < 1.29 is 9.59 Å². The van der Waals surface area contributed by atoms with Gasteiger partial charge in [0.05, 0.1) is 23.1 Å². The van der Waals surface area contributed by atoms with Gasteiger partial charge in [0.2, 0.25) is 0 Å². The number of fused-ring (bicyclic) bond motifs is 1. The largest absolute Gasteiger partial charge is 0.358 e. The number of carbonyl (C=O) groups excluding carboxylic acids is 2. The molecule has 32 heavy (non-hydrogen) atoms. The minimum absolute atomic E-state index is 0.104. The number of rotatable bonds is 8. The number of allylic oxidation sites excluding steroid dienone is 1. The van der Waals surface area contributed by atoms with Crippen LogP contribution in [0, 0.1) is 5.92 Å². The number of pyridine rings is 1. The van der Waals surface area contributed by atoms with Crippen molar-refractivity contribution >= 4 is 34.4 Å². The lowest BCUT2D eigenvalue weighted by Crippen LogP contribution is -2.35. The summed E-state index contributed by atoms with van der Waals surface area (Å²) >= 11 is 0. The maximum Gasteiger partial charge on any atom is 0.254 e. The molecule has 2 aromatic rings. The third-order valence-corrected chi connectivity index (χ3v) is 5.60. The van der Waals surface area contributed by atoms with E-state index in [9.17, 15) is 9.59 Å². The first-order valence-corrected chi connectivity index (χ1v) is 10.9. The predicted octanol–water partition coefficient (Wildman–Crippen LogP) is 2.30. The molecule has 172 valence electrons. The molecule has 0 saturated carbocycles. The summed E-state index contributed by atoms with van der Waals surface area (Å²) < 4.78 is 1.82. The highest BCUT2D eigenvalue weighted by Crippen LogP contribution is 2.25. The number of hydrogen-bond donors (Lipinski definition) is 1. The molecule has 1 aliphatic heterocycles. The molecule has 1 atom stereocenters. The Balaban J connectivity index is 1.91. The van der Waals surface area contributed by atoms with Gasteiger partial charge in [-0.3, -0.25) is 9.59 Å². The summed E-state index contributed by atoms with van der Waals surface area (Å²) in [6, 6.07) is 1.90. The number of nitrogens with zero attached hydrogens (tertiary/aromatic N) is 6. The van der Waals surface area contributed by atoms with E-state index >= 15 is 0 Å². The van der Waals surface area contributed by atoms with E-state index in [-0.39, 0.29) is 24.4 Å². The first kappa shape index (κ1) is 23.6. The second-order valence-corrected chi connectivity index (χ2v) is 8.92. The van der Waals surface area contributed by atoms with Crippen molar-refractivity contribution in [3.63, 3.8) is 0 Å². The summed E-state index contributed by atoms with van der Waals surface area (Å²) in [5, 5.41) is 8.08. The van der Waals surface area contributed by atoms with E-state index in [0.717, 1.165) is 18.7 Å². The van der Waals surface area contributed by atoms with Crippen LogP contribution in [0.25, 0.3) is 11.0 Å². The van der Waals surface area contributed by atoms with Crippen LogP contribution in [0.4, 0.5) is 5.82 Å². The lowest BCUT2D eigenvalue weighted by Gasteiger charge is -2.22. The molecule has 1 N–H and O–H groups in total. The van der Waals surface area contributed by atoms with Crippen LogP contribution in [-0.4, -0.2) is 78.0 Å². The van der Waals surface area contributed by atoms with E-state index < -0.39 is 5.92 Å². The second-order valence-electron chi connectivity index (χ2n) is 8.92. The van der Waals surface area contributed by atoms with Gasteiger partial charge in [0.15, 0.2) is 5.65 Å². The van der Waals surface area contributed by atoms with Gasteiger partial charge in [-0.1, -0.05) is 5.57 Å². The normalized spacial score (nSPS) is 16.5. The second kappa shape index (κ2) is 9.60. The first-order chi connectivity index (χ1) is 15.1. The Labute approximate surface area is 189 Å². The van der Waals surface area contributed by atoms with Crippen LogP contribution in [-0.2, 0) is 4.79 Å². The van der Waals surface area contributed by atoms with Crippen molar-refractivity contribution in [3.05, 3.63) is 29.5 Å². The molecule has 2 amide bonds. The Morgan fingerprint density at radius 3 is 2.56 bits per heavy atom. The summed E-state index contributed by atoms with van der Waals surface area (Å²) in [4.78, 5) is 38.5. The number of hydrogen-bond acceptors (Lipinski definition) is 6. The Kier molecular flexibility index (Phi) is 7.08. The zero-order valence-electron chi connectivity index (χ0n) is 20.0. The third-order valence-electron chi connectivity index (χ3n) is 5.60. The van der Waals surface area contributed by atoms with Crippen molar-refractivity contribution in [1.29, 1.82) is 0 Å². The summed E-state index contributed by atoms with van der Waals surface area (Å²) in [7, 11) is 6.00. The Morgan fingerprint density at radius 2 is 1.94 bits per heavy atom. The number of anilines is 1. The quantitative estimate of drug-likeness (QED) is 0.678. The number of amides is 2. The molecule has 9 nitrogen and oxygen atoms in total. The van der Waals surface area contributed by atoms with Crippen LogP contribution in [0.3, 0.4) is 0 Å². The topological polar surface area (TPSA) is 95.7 Å². The van der Waals surface area contributed by atoms with Crippen LogP contribution in [0.15, 0.2) is 28.9 Å². The minimum Gasteiger partial charge on any atom is -0.358 e. The van der Waals surface area contributed by atoms with Gasteiger partial charge in [-0.15, -0.1) is 0 Å². The standard InChI is InChI=1S/C23H33N7O2/c1-14(2)30-21-19(13-25-30)17(11-20(27-21)29(7)9-8-28(5)6)22(31)24-12-18-15(3)10-16(4)26-23(18)32/h10-11,13-14,18H,8-9,12H2,1-7H3,(H,24,31). The summed E-state index contributed by atoms with van der Waals surface area (Å²) in [5.41, 5.74) is 2.76. The highest BCUT2D eigenvalue weighted by Gasteiger charge is 2.25. The van der Waals surface area contributed by atoms with E-state index in [0.29, 0.717) is 28.1 Å². The van der Waals surface area contributed by atoms with Crippen LogP contribution in [0.1, 0.15) is 44.1 Å². The molecule has 3 rings (SSSR count). The molecular weight excluding hydrogens is 406 g/mol. The molecule has 0 aliphatic carbocycles. The lowest BCUT2D eigenvalue weighted by atomic mass is 9.95. The summed E-state index contributed by atoms with van der Waals surface area (Å²) in [6.07, 6.45) is 3.57. The highest BCUT2D eigenvalue weighted by molar-refractivity contribution is 6.07. The molecule has 9 heteroatoms. The van der Waals surface area contributed by atoms with Crippen molar-refractivity contribution in [2.24, 2.45) is 10.9 Å². The third kappa shape index (κ3) is 5.04. The van der Waals surface area contributed by atoms with Crippen LogP contribution in [0.5, 0.6) is 0 Å². The van der Waals surface area contributed by atoms with Crippen molar-refractivity contribution in [2.45, 2.75) is 33.7 Å². The molecule has 2 aromatic heterocycles. The fourth-order valence-corrected chi connectivity index (χ4v) is 3.68. The molecule has 1 aliphatic rings. The number of aliphatic imine (C=N–C) groups is 1. The molecule has 0 saturated heterocycles. The Bertz CT molecular complexity index is 1080. The van der Waals surface area contributed by atoms with E-state index in [1.807, 2.05) is 57.6 Å². The molecule has 3 heterocycles. The van der Waals surface area contributed by atoms with E-state index in [1.54, 1.807) is 19.2 Å². The molecule has 1 unspecified atom stereocenters. The minimum atomic E-state index is -0.444. The van der Waals surface area contributed by atoms with Crippen LogP contribution < -0.4 is 10.2 Å². The van der Waals surface area contributed by atoms with Crippen molar-refractivity contribution in [1.82, 2.24) is 25.0 Å². The maximum atomic E-state index is 13.2. The van der Waals surface area contributed by atoms with E-state index in [1.165, 1.54) is 0 Å². The highest BCUT2D eigenvalue weighted by atomic mass is 16.2. The number of carbonyl (C=O) groups is 2. The monoisotopic (exact) mass is 439 g/mol. The van der Waals surface area contributed by atoms with Crippen LogP contribution in [0.2, 0.25) is 0 Å². The van der Waals surface area contributed by atoms with Gasteiger partial charge >= 0.3 is 0 Å². The van der Waals surface area contributed by atoms with Gasteiger partial charge in [0.1, 0.15) is 5.82 Å². The van der Waals surface area contributed by atoms with Gasteiger partial charge in [-0.25, -0.2) is 14.7 Å². The van der Waals surface area contributed by atoms with Gasteiger partial charge in [-0.05, 0) is 53.9 Å². The molecule has 0 bridgehead atoms. The zero-order valence-corrected chi connectivity index (χ0v) is 20.0. The fraction of sp³-hybridized carbons (Fsp3) is 0.522. The van der Waals surface area contributed by atoms with Gasteiger partial charge < -0.3 is 15.1 Å². The van der Waals surface area contributed by atoms with Gasteiger partial charge in [0, 0.05) is 38.4 Å². The van der Waals surface area contributed by atoms with Gasteiger partial charge in [0.25, 0.3) is 11.8 Å². The lowest BCUT2D eigenvalue weighted by molar-refractivity contribution is -0.120. The Morgan fingerprint density at radius 1 is 1.22 bits per heavy atom. The zero-order chi connectivity index (χ0) is 23.6.